The SMILES string of the molecule is CCOc1ccccc1CN1CC(c2noc(C)n2)C1. The van der Waals surface area contributed by atoms with Crippen LogP contribution >= 0.6 is 0 Å². The van der Waals surface area contributed by atoms with Crippen molar-refractivity contribution in [2.45, 2.75) is 26.3 Å². The first-order chi connectivity index (χ1) is 9.76. The Kier molecular flexibility index (Phi) is 3.69. The third kappa shape index (κ3) is 2.67. The molecule has 1 saturated heterocycles. The van der Waals surface area contributed by atoms with Gasteiger partial charge in [-0.05, 0) is 13.0 Å². The molecule has 106 valence electrons. The zero-order valence-corrected chi connectivity index (χ0v) is 11.9. The van der Waals surface area contributed by atoms with Crippen LogP contribution in [0, 0.1) is 6.92 Å². The lowest BCUT2D eigenvalue weighted by atomic mass is 9.98. The number of para-hydroxylation sites is 1. The van der Waals surface area contributed by atoms with Gasteiger partial charge < -0.3 is 9.26 Å². The van der Waals surface area contributed by atoms with Crippen LogP contribution in [0.2, 0.25) is 0 Å². The van der Waals surface area contributed by atoms with Crippen LogP contribution < -0.4 is 4.74 Å². The molecule has 0 saturated carbocycles. The van der Waals surface area contributed by atoms with Crippen LogP contribution in [0.1, 0.15) is 30.1 Å². The molecule has 1 aromatic carbocycles. The summed E-state index contributed by atoms with van der Waals surface area (Å²) < 4.78 is 10.7. The number of rotatable bonds is 5. The zero-order valence-electron chi connectivity index (χ0n) is 11.9. The first kappa shape index (κ1) is 13.1. The molecule has 1 aliphatic heterocycles. The number of aryl methyl sites for hydroxylation is 1. The molecule has 20 heavy (non-hydrogen) atoms. The maximum Gasteiger partial charge on any atom is 0.223 e. The van der Waals surface area contributed by atoms with Crippen molar-refractivity contribution in [3.63, 3.8) is 0 Å². The summed E-state index contributed by atoms with van der Waals surface area (Å²) in [6.07, 6.45) is 0. The topological polar surface area (TPSA) is 51.4 Å². The average Bonchev–Trinajstić information content (AvgIpc) is 2.81. The van der Waals surface area contributed by atoms with E-state index in [0.717, 1.165) is 31.2 Å². The molecule has 0 aliphatic carbocycles. The van der Waals surface area contributed by atoms with Gasteiger partial charge in [0.1, 0.15) is 5.75 Å². The Bertz CT molecular complexity index is 576. The fourth-order valence-electron chi connectivity index (χ4n) is 2.51. The Morgan fingerprint density at radius 1 is 1.35 bits per heavy atom. The molecule has 1 fully saturated rings. The fourth-order valence-corrected chi connectivity index (χ4v) is 2.51. The molecule has 5 nitrogen and oxygen atoms in total. The second-order valence-electron chi connectivity index (χ2n) is 5.10. The lowest BCUT2D eigenvalue weighted by molar-refractivity contribution is 0.131. The predicted molar refractivity (Wildman–Crippen MR) is 74.7 cm³/mol. The predicted octanol–water partition coefficient (Wildman–Crippen LogP) is 2.38. The summed E-state index contributed by atoms with van der Waals surface area (Å²) in [5.41, 5.74) is 1.23. The molecular formula is C15H19N3O2. The van der Waals surface area contributed by atoms with Gasteiger partial charge in [-0.3, -0.25) is 4.90 Å². The van der Waals surface area contributed by atoms with E-state index in [1.54, 1.807) is 0 Å². The third-order valence-electron chi connectivity index (χ3n) is 3.53. The molecule has 2 aromatic rings. The van der Waals surface area contributed by atoms with Crippen molar-refractivity contribution >= 4 is 0 Å². The Hall–Kier alpha value is -1.88. The highest BCUT2D eigenvalue weighted by molar-refractivity contribution is 5.33. The van der Waals surface area contributed by atoms with E-state index in [1.165, 1.54) is 5.56 Å². The minimum absolute atomic E-state index is 0.395. The van der Waals surface area contributed by atoms with Crippen molar-refractivity contribution in [1.82, 2.24) is 15.0 Å². The van der Waals surface area contributed by atoms with Gasteiger partial charge in [-0.1, -0.05) is 23.4 Å². The van der Waals surface area contributed by atoms with Gasteiger partial charge >= 0.3 is 0 Å². The maximum atomic E-state index is 5.65. The molecule has 0 atom stereocenters. The second kappa shape index (κ2) is 5.63. The second-order valence-corrected chi connectivity index (χ2v) is 5.10. The van der Waals surface area contributed by atoms with E-state index in [-0.39, 0.29) is 0 Å². The number of aromatic nitrogens is 2. The molecular weight excluding hydrogens is 254 g/mol. The highest BCUT2D eigenvalue weighted by atomic mass is 16.5. The standard InChI is InChI=1S/C15H19N3O2/c1-3-19-14-7-5-4-6-12(14)8-18-9-13(10-18)15-16-11(2)20-17-15/h4-7,13H,3,8-10H2,1-2H3. The lowest BCUT2D eigenvalue weighted by Crippen LogP contribution is -2.44. The van der Waals surface area contributed by atoms with Crippen molar-refractivity contribution in [3.8, 4) is 5.75 Å². The van der Waals surface area contributed by atoms with Crippen molar-refractivity contribution in [1.29, 1.82) is 0 Å². The van der Waals surface area contributed by atoms with Gasteiger partial charge in [-0.2, -0.15) is 4.98 Å². The van der Waals surface area contributed by atoms with Crippen molar-refractivity contribution in [2.24, 2.45) is 0 Å². The van der Waals surface area contributed by atoms with Crippen LogP contribution in [0.4, 0.5) is 0 Å². The summed E-state index contributed by atoms with van der Waals surface area (Å²) in [5, 5.41) is 3.99. The Morgan fingerprint density at radius 3 is 2.85 bits per heavy atom. The minimum atomic E-state index is 0.395. The largest absolute Gasteiger partial charge is 0.494 e. The number of likely N-dealkylation sites (tertiary alicyclic amines) is 1. The molecule has 1 aromatic heterocycles. The first-order valence-electron chi connectivity index (χ1n) is 6.99. The normalized spacial score (nSPS) is 16.1. The molecule has 0 N–H and O–H groups in total. The van der Waals surface area contributed by atoms with Gasteiger partial charge in [0.05, 0.1) is 6.61 Å². The van der Waals surface area contributed by atoms with Crippen LogP contribution in [-0.4, -0.2) is 34.7 Å². The summed E-state index contributed by atoms with van der Waals surface area (Å²) >= 11 is 0. The Morgan fingerprint density at radius 2 is 2.15 bits per heavy atom. The quantitative estimate of drug-likeness (QED) is 0.837. The Balaban J connectivity index is 1.59. The summed E-state index contributed by atoms with van der Waals surface area (Å²) in [5.74, 6) is 2.84. The molecule has 0 unspecified atom stereocenters. The summed E-state index contributed by atoms with van der Waals surface area (Å²) in [6, 6.07) is 8.21. The van der Waals surface area contributed by atoms with Gasteiger partial charge in [-0.25, -0.2) is 0 Å². The van der Waals surface area contributed by atoms with Crippen LogP contribution in [0.25, 0.3) is 0 Å². The lowest BCUT2D eigenvalue weighted by Gasteiger charge is -2.37. The fraction of sp³-hybridized carbons (Fsp3) is 0.467. The van der Waals surface area contributed by atoms with Gasteiger partial charge in [0.15, 0.2) is 5.82 Å². The number of hydrogen-bond acceptors (Lipinski definition) is 5. The average molecular weight is 273 g/mol. The zero-order chi connectivity index (χ0) is 13.9. The van der Waals surface area contributed by atoms with Crippen LogP contribution in [-0.2, 0) is 6.54 Å². The number of benzene rings is 1. The van der Waals surface area contributed by atoms with E-state index in [0.29, 0.717) is 18.4 Å². The molecule has 0 bridgehead atoms. The van der Waals surface area contributed by atoms with Gasteiger partial charge in [-0.15, -0.1) is 0 Å². The van der Waals surface area contributed by atoms with Gasteiger partial charge in [0.25, 0.3) is 0 Å². The molecule has 0 radical (unpaired) electrons. The maximum absolute atomic E-state index is 5.65. The third-order valence-corrected chi connectivity index (χ3v) is 3.53. The highest BCUT2D eigenvalue weighted by Gasteiger charge is 2.31. The molecule has 1 aliphatic rings. The summed E-state index contributed by atoms with van der Waals surface area (Å²) in [6.45, 7) is 7.38. The van der Waals surface area contributed by atoms with Crippen LogP contribution in [0.5, 0.6) is 5.75 Å². The van der Waals surface area contributed by atoms with E-state index in [2.05, 4.69) is 27.2 Å². The van der Waals surface area contributed by atoms with Crippen molar-refractivity contribution in [2.75, 3.05) is 19.7 Å². The van der Waals surface area contributed by atoms with Crippen molar-refractivity contribution < 1.29 is 9.26 Å². The van der Waals surface area contributed by atoms with Crippen LogP contribution in [0.3, 0.4) is 0 Å². The van der Waals surface area contributed by atoms with E-state index in [9.17, 15) is 0 Å². The number of ether oxygens (including phenoxy) is 1. The molecule has 3 rings (SSSR count). The van der Waals surface area contributed by atoms with E-state index < -0.39 is 0 Å². The monoisotopic (exact) mass is 273 g/mol. The van der Waals surface area contributed by atoms with Gasteiger partial charge in [0, 0.05) is 38.0 Å². The smallest absolute Gasteiger partial charge is 0.223 e. The number of nitrogens with zero attached hydrogens (tertiary/aromatic N) is 3. The molecule has 0 amide bonds. The Labute approximate surface area is 118 Å². The van der Waals surface area contributed by atoms with Crippen LogP contribution in [0.15, 0.2) is 28.8 Å². The summed E-state index contributed by atoms with van der Waals surface area (Å²) in [4.78, 5) is 6.66. The molecule has 0 spiro atoms. The molecule has 5 heteroatoms. The summed E-state index contributed by atoms with van der Waals surface area (Å²) in [7, 11) is 0. The number of hydrogen-bond donors (Lipinski definition) is 0. The highest BCUT2D eigenvalue weighted by Crippen LogP contribution is 2.28. The van der Waals surface area contributed by atoms with Crippen molar-refractivity contribution in [3.05, 3.63) is 41.5 Å². The first-order valence-corrected chi connectivity index (χ1v) is 6.99. The van der Waals surface area contributed by atoms with E-state index in [1.807, 2.05) is 26.0 Å². The molecule has 2 heterocycles. The van der Waals surface area contributed by atoms with E-state index >= 15 is 0 Å². The minimum Gasteiger partial charge on any atom is -0.494 e. The van der Waals surface area contributed by atoms with E-state index in [4.69, 9.17) is 9.26 Å². The van der Waals surface area contributed by atoms with Gasteiger partial charge in [0.2, 0.25) is 5.89 Å².